The average molecular weight is 261 g/mol. The van der Waals surface area contributed by atoms with E-state index in [-0.39, 0.29) is 29.2 Å². The van der Waals surface area contributed by atoms with E-state index in [0.29, 0.717) is 11.4 Å². The van der Waals surface area contributed by atoms with Crippen LogP contribution in [0.5, 0.6) is 0 Å². The predicted molar refractivity (Wildman–Crippen MR) is 69.2 cm³/mol. The quantitative estimate of drug-likeness (QED) is 0.604. The fraction of sp³-hybridized carbons (Fsp3) is 0.308. The average Bonchev–Trinajstić information content (AvgIpc) is 2.62. The molecule has 0 spiro atoms. The fourth-order valence-corrected chi connectivity index (χ4v) is 2.01. The molecule has 0 fully saturated rings. The molecule has 1 aliphatic rings. The molecular formula is C13H15N3O3. The molecule has 2 rings (SSSR count). The number of nitrogens with two attached hydrogens (primary N) is 2. The molecule has 4 N–H and O–H groups in total. The highest BCUT2D eigenvalue weighted by Gasteiger charge is 2.40. The van der Waals surface area contributed by atoms with Crippen LogP contribution < -0.4 is 11.5 Å². The summed E-state index contributed by atoms with van der Waals surface area (Å²) in [5.74, 6) is -1.88. The molecule has 0 aliphatic carbocycles. The Morgan fingerprint density at radius 1 is 1.32 bits per heavy atom. The molecule has 0 saturated heterocycles. The van der Waals surface area contributed by atoms with Crippen LogP contribution in [0.4, 0.5) is 5.69 Å². The Kier molecular flexibility index (Phi) is 3.35. The Morgan fingerprint density at radius 2 is 2.00 bits per heavy atom. The van der Waals surface area contributed by atoms with Crippen molar-refractivity contribution in [2.45, 2.75) is 13.3 Å². The zero-order chi connectivity index (χ0) is 14.2. The number of anilines is 1. The second-order valence-corrected chi connectivity index (χ2v) is 4.65. The van der Waals surface area contributed by atoms with E-state index in [1.165, 1.54) is 12.1 Å². The highest BCUT2D eigenvalue weighted by molar-refractivity contribution is 6.30. The van der Waals surface area contributed by atoms with Gasteiger partial charge in [-0.15, -0.1) is 0 Å². The fourth-order valence-electron chi connectivity index (χ4n) is 2.01. The molecule has 1 atom stereocenters. The molecule has 1 heterocycles. The van der Waals surface area contributed by atoms with Gasteiger partial charge in [-0.05, 0) is 24.6 Å². The minimum atomic E-state index is -0.646. The number of nitrogen functional groups attached to an aromatic ring is 1. The monoisotopic (exact) mass is 261 g/mol. The third-order valence-corrected chi connectivity index (χ3v) is 3.12. The molecular weight excluding hydrogens is 246 g/mol. The van der Waals surface area contributed by atoms with Gasteiger partial charge in [-0.3, -0.25) is 14.4 Å². The molecule has 0 radical (unpaired) electrons. The number of hydrogen-bond acceptors (Lipinski definition) is 5. The zero-order valence-corrected chi connectivity index (χ0v) is 10.6. The maximum Gasteiger partial charge on any atom is 0.270 e. The molecule has 0 saturated carbocycles. The van der Waals surface area contributed by atoms with Gasteiger partial charge in [0.05, 0.1) is 11.1 Å². The highest BCUT2D eigenvalue weighted by Crippen LogP contribution is 2.28. The lowest BCUT2D eigenvalue weighted by Gasteiger charge is -2.14. The lowest BCUT2D eigenvalue weighted by Crippen LogP contribution is -2.37. The highest BCUT2D eigenvalue weighted by atomic mass is 16.2. The van der Waals surface area contributed by atoms with Crippen molar-refractivity contribution in [1.29, 1.82) is 0 Å². The van der Waals surface area contributed by atoms with E-state index < -0.39 is 17.7 Å². The lowest BCUT2D eigenvalue weighted by molar-refractivity contribution is -0.127. The number of imide groups is 3. The summed E-state index contributed by atoms with van der Waals surface area (Å²) < 4.78 is 0. The van der Waals surface area contributed by atoms with Crippen molar-refractivity contribution < 1.29 is 14.4 Å². The van der Waals surface area contributed by atoms with Crippen molar-refractivity contribution in [1.82, 2.24) is 4.90 Å². The zero-order valence-electron chi connectivity index (χ0n) is 10.6. The van der Waals surface area contributed by atoms with Crippen molar-refractivity contribution in [3.05, 3.63) is 29.3 Å². The topological polar surface area (TPSA) is 106 Å². The van der Waals surface area contributed by atoms with Gasteiger partial charge < -0.3 is 11.5 Å². The summed E-state index contributed by atoms with van der Waals surface area (Å²) in [6.45, 7) is 2.10. The van der Waals surface area contributed by atoms with Crippen LogP contribution in [0.1, 0.15) is 34.1 Å². The SMILES string of the molecule is CC(CN)CC(=O)N1C(=O)c2cccc(N)c2C1=O. The molecule has 6 nitrogen and oxygen atoms in total. The van der Waals surface area contributed by atoms with E-state index in [1.807, 2.05) is 0 Å². The second kappa shape index (κ2) is 4.81. The molecule has 1 aromatic rings. The minimum absolute atomic E-state index is 0.0574. The van der Waals surface area contributed by atoms with E-state index in [9.17, 15) is 14.4 Å². The van der Waals surface area contributed by atoms with Gasteiger partial charge in [0.25, 0.3) is 11.8 Å². The molecule has 1 aromatic carbocycles. The maximum atomic E-state index is 12.1. The van der Waals surface area contributed by atoms with Crippen LogP contribution in [0.25, 0.3) is 0 Å². The van der Waals surface area contributed by atoms with E-state index in [1.54, 1.807) is 13.0 Å². The van der Waals surface area contributed by atoms with Gasteiger partial charge in [-0.1, -0.05) is 13.0 Å². The maximum absolute atomic E-state index is 12.1. The summed E-state index contributed by atoms with van der Waals surface area (Å²) in [6, 6.07) is 4.60. The number of hydrogen-bond donors (Lipinski definition) is 2. The Bertz CT molecular complexity index is 568. The first-order valence-electron chi connectivity index (χ1n) is 5.97. The molecule has 3 amide bonds. The summed E-state index contributed by atoms with van der Waals surface area (Å²) in [7, 11) is 0. The third kappa shape index (κ3) is 2.10. The summed E-state index contributed by atoms with van der Waals surface area (Å²) >= 11 is 0. The van der Waals surface area contributed by atoms with Crippen LogP contribution in [0, 0.1) is 5.92 Å². The first-order chi connectivity index (χ1) is 8.97. The number of carbonyl (C=O) groups is 3. The second-order valence-electron chi connectivity index (χ2n) is 4.65. The van der Waals surface area contributed by atoms with Gasteiger partial charge >= 0.3 is 0 Å². The van der Waals surface area contributed by atoms with Crippen molar-refractivity contribution in [2.75, 3.05) is 12.3 Å². The molecule has 1 aliphatic heterocycles. The van der Waals surface area contributed by atoms with Gasteiger partial charge in [-0.25, -0.2) is 4.90 Å². The Balaban J connectivity index is 2.33. The normalized spacial score (nSPS) is 15.6. The van der Waals surface area contributed by atoms with Crippen LogP contribution >= 0.6 is 0 Å². The summed E-state index contributed by atoms with van der Waals surface area (Å²) in [4.78, 5) is 36.8. The Labute approximate surface area is 110 Å². The standard InChI is InChI=1S/C13H15N3O3/c1-7(6-14)5-10(17)16-12(18)8-3-2-4-9(15)11(8)13(16)19/h2-4,7H,5-6,14-15H2,1H3. The summed E-state index contributed by atoms with van der Waals surface area (Å²) in [5.41, 5.74) is 11.6. The van der Waals surface area contributed by atoms with Crippen LogP contribution in [0.2, 0.25) is 0 Å². The molecule has 6 heteroatoms. The number of carbonyl (C=O) groups excluding carboxylic acids is 3. The Hall–Kier alpha value is -2.21. The number of rotatable bonds is 3. The number of amides is 3. The van der Waals surface area contributed by atoms with Gasteiger partial charge in [0.1, 0.15) is 0 Å². The molecule has 1 unspecified atom stereocenters. The number of fused-ring (bicyclic) bond motifs is 1. The smallest absolute Gasteiger partial charge is 0.270 e. The van der Waals surface area contributed by atoms with Crippen LogP contribution in [-0.2, 0) is 4.79 Å². The third-order valence-electron chi connectivity index (χ3n) is 3.12. The van der Waals surface area contributed by atoms with E-state index in [4.69, 9.17) is 11.5 Å². The van der Waals surface area contributed by atoms with Crippen molar-refractivity contribution in [3.8, 4) is 0 Å². The van der Waals surface area contributed by atoms with Crippen molar-refractivity contribution in [2.24, 2.45) is 11.7 Å². The van der Waals surface area contributed by atoms with Gasteiger partial charge in [-0.2, -0.15) is 0 Å². The molecule has 0 aromatic heterocycles. The lowest BCUT2D eigenvalue weighted by atomic mass is 10.1. The van der Waals surface area contributed by atoms with Crippen molar-refractivity contribution >= 4 is 23.4 Å². The van der Waals surface area contributed by atoms with Gasteiger partial charge in [0, 0.05) is 12.1 Å². The predicted octanol–water partition coefficient (Wildman–Crippen LogP) is 0.376. The summed E-state index contributed by atoms with van der Waals surface area (Å²) in [5, 5.41) is 0. The number of benzene rings is 1. The molecule has 0 bridgehead atoms. The van der Waals surface area contributed by atoms with E-state index in [2.05, 4.69) is 0 Å². The van der Waals surface area contributed by atoms with Gasteiger partial charge in [0.15, 0.2) is 0 Å². The van der Waals surface area contributed by atoms with E-state index in [0.717, 1.165) is 0 Å². The molecule has 19 heavy (non-hydrogen) atoms. The van der Waals surface area contributed by atoms with Crippen molar-refractivity contribution in [3.63, 3.8) is 0 Å². The molecule has 100 valence electrons. The van der Waals surface area contributed by atoms with Crippen LogP contribution in [-0.4, -0.2) is 29.2 Å². The first kappa shape index (κ1) is 13.2. The van der Waals surface area contributed by atoms with Crippen LogP contribution in [0.3, 0.4) is 0 Å². The number of nitrogens with zero attached hydrogens (tertiary/aromatic N) is 1. The van der Waals surface area contributed by atoms with Gasteiger partial charge in [0.2, 0.25) is 5.91 Å². The van der Waals surface area contributed by atoms with E-state index >= 15 is 0 Å². The minimum Gasteiger partial charge on any atom is -0.398 e. The largest absolute Gasteiger partial charge is 0.398 e. The van der Waals surface area contributed by atoms with Crippen LogP contribution in [0.15, 0.2) is 18.2 Å². The Morgan fingerprint density at radius 3 is 2.58 bits per heavy atom. The first-order valence-corrected chi connectivity index (χ1v) is 5.97. The summed E-state index contributed by atoms with van der Waals surface area (Å²) in [6.07, 6.45) is 0.0574.